The van der Waals surface area contributed by atoms with Gasteiger partial charge in [-0.15, -0.1) is 11.6 Å². The lowest BCUT2D eigenvalue weighted by atomic mass is 9.81. The van der Waals surface area contributed by atoms with E-state index < -0.39 is 0 Å². The lowest BCUT2D eigenvalue weighted by Gasteiger charge is -2.45. The van der Waals surface area contributed by atoms with Crippen molar-refractivity contribution < 1.29 is 9.47 Å². The monoisotopic (exact) mass is 232 g/mol. The predicted molar refractivity (Wildman–Crippen MR) is 61.4 cm³/mol. The molecule has 1 spiro atoms. The standard InChI is InChI=1S/C12H21ClO2/c1-9(2)11-8-12(4-6-14-11)7-10(13)3-5-15-12/h9-11H,3-8H2,1-2H3. The SMILES string of the molecule is CC(C)C1CC2(CCO1)CC(Cl)CCO2. The zero-order valence-corrected chi connectivity index (χ0v) is 10.4. The van der Waals surface area contributed by atoms with Crippen molar-refractivity contribution in [3.63, 3.8) is 0 Å². The first kappa shape index (κ1) is 11.7. The summed E-state index contributed by atoms with van der Waals surface area (Å²) >= 11 is 6.25. The van der Waals surface area contributed by atoms with E-state index in [4.69, 9.17) is 21.1 Å². The molecule has 3 heteroatoms. The van der Waals surface area contributed by atoms with Crippen molar-refractivity contribution in [2.75, 3.05) is 13.2 Å². The lowest BCUT2D eigenvalue weighted by molar-refractivity contribution is -0.164. The topological polar surface area (TPSA) is 18.5 Å². The summed E-state index contributed by atoms with van der Waals surface area (Å²) in [6.07, 6.45) is 4.38. The molecule has 2 aliphatic heterocycles. The molecule has 15 heavy (non-hydrogen) atoms. The van der Waals surface area contributed by atoms with Gasteiger partial charge in [0, 0.05) is 25.0 Å². The average molecular weight is 233 g/mol. The molecule has 2 heterocycles. The molecule has 0 radical (unpaired) electrons. The third-order valence-electron chi connectivity index (χ3n) is 3.64. The van der Waals surface area contributed by atoms with Crippen molar-refractivity contribution in [1.82, 2.24) is 0 Å². The van der Waals surface area contributed by atoms with Crippen LogP contribution in [0.25, 0.3) is 0 Å². The van der Waals surface area contributed by atoms with Crippen LogP contribution in [-0.4, -0.2) is 30.3 Å². The molecule has 0 amide bonds. The molecular weight excluding hydrogens is 212 g/mol. The van der Waals surface area contributed by atoms with Crippen molar-refractivity contribution in [2.24, 2.45) is 5.92 Å². The van der Waals surface area contributed by atoms with Gasteiger partial charge in [0.05, 0.1) is 11.7 Å². The number of ether oxygens (including phenoxy) is 2. The molecule has 2 aliphatic rings. The second kappa shape index (κ2) is 4.60. The summed E-state index contributed by atoms with van der Waals surface area (Å²) in [6, 6.07) is 0. The van der Waals surface area contributed by atoms with Crippen LogP contribution in [0.5, 0.6) is 0 Å². The summed E-state index contributed by atoms with van der Waals surface area (Å²) in [7, 11) is 0. The molecule has 0 aromatic heterocycles. The highest BCUT2D eigenvalue weighted by Gasteiger charge is 2.42. The van der Waals surface area contributed by atoms with E-state index >= 15 is 0 Å². The van der Waals surface area contributed by atoms with Crippen molar-refractivity contribution in [3.8, 4) is 0 Å². The Morgan fingerprint density at radius 2 is 2.07 bits per heavy atom. The van der Waals surface area contributed by atoms with E-state index in [1.54, 1.807) is 0 Å². The average Bonchev–Trinajstić information content (AvgIpc) is 2.17. The zero-order chi connectivity index (χ0) is 10.9. The van der Waals surface area contributed by atoms with E-state index in [1.165, 1.54) is 0 Å². The fourth-order valence-electron chi connectivity index (χ4n) is 2.64. The summed E-state index contributed by atoms with van der Waals surface area (Å²) < 4.78 is 11.8. The lowest BCUT2D eigenvalue weighted by Crippen LogP contribution is -2.48. The normalized spacial score (nSPS) is 42.4. The highest BCUT2D eigenvalue weighted by Crippen LogP contribution is 2.39. The van der Waals surface area contributed by atoms with Crippen LogP contribution in [0.1, 0.15) is 39.5 Å². The third-order valence-corrected chi connectivity index (χ3v) is 4.01. The molecule has 0 aromatic rings. The molecule has 2 rings (SSSR count). The van der Waals surface area contributed by atoms with Gasteiger partial charge < -0.3 is 9.47 Å². The number of hydrogen-bond donors (Lipinski definition) is 0. The van der Waals surface area contributed by atoms with E-state index in [1.807, 2.05) is 0 Å². The maximum Gasteiger partial charge on any atom is 0.0743 e. The second-order valence-corrected chi connectivity index (χ2v) is 5.85. The molecule has 0 bridgehead atoms. The highest BCUT2D eigenvalue weighted by atomic mass is 35.5. The Labute approximate surface area is 97.3 Å². The third kappa shape index (κ3) is 2.66. The first-order valence-corrected chi connectivity index (χ1v) is 6.45. The Morgan fingerprint density at radius 1 is 1.27 bits per heavy atom. The molecule has 2 fully saturated rings. The Morgan fingerprint density at radius 3 is 2.73 bits per heavy atom. The van der Waals surface area contributed by atoms with Crippen LogP contribution >= 0.6 is 11.6 Å². The van der Waals surface area contributed by atoms with Gasteiger partial charge >= 0.3 is 0 Å². The molecule has 0 N–H and O–H groups in total. The van der Waals surface area contributed by atoms with Gasteiger partial charge in [-0.25, -0.2) is 0 Å². The van der Waals surface area contributed by atoms with E-state index in [2.05, 4.69) is 13.8 Å². The maximum absolute atomic E-state index is 6.25. The van der Waals surface area contributed by atoms with Crippen LogP contribution in [-0.2, 0) is 9.47 Å². The first-order valence-electron chi connectivity index (χ1n) is 6.01. The van der Waals surface area contributed by atoms with Gasteiger partial charge in [-0.1, -0.05) is 13.8 Å². The molecule has 0 aromatic carbocycles. The summed E-state index contributed by atoms with van der Waals surface area (Å²) in [5.74, 6) is 0.571. The highest BCUT2D eigenvalue weighted by molar-refractivity contribution is 6.20. The largest absolute Gasteiger partial charge is 0.378 e. The Kier molecular flexibility index (Phi) is 3.59. The van der Waals surface area contributed by atoms with Gasteiger partial charge in [0.25, 0.3) is 0 Å². The molecule has 3 atom stereocenters. The van der Waals surface area contributed by atoms with Crippen LogP contribution in [0.15, 0.2) is 0 Å². The molecular formula is C12H21ClO2. The fourth-order valence-corrected chi connectivity index (χ4v) is 3.01. The van der Waals surface area contributed by atoms with Gasteiger partial charge in [-0.2, -0.15) is 0 Å². The number of alkyl halides is 1. The van der Waals surface area contributed by atoms with Gasteiger partial charge in [-0.3, -0.25) is 0 Å². The van der Waals surface area contributed by atoms with Crippen molar-refractivity contribution in [2.45, 2.75) is 56.6 Å². The Hall–Kier alpha value is 0.210. The molecule has 0 aliphatic carbocycles. The van der Waals surface area contributed by atoms with E-state index in [0.717, 1.165) is 38.9 Å². The van der Waals surface area contributed by atoms with Crippen LogP contribution in [0, 0.1) is 5.92 Å². The molecule has 2 nitrogen and oxygen atoms in total. The molecule has 0 saturated carbocycles. The molecule has 2 saturated heterocycles. The van der Waals surface area contributed by atoms with Crippen LogP contribution in [0.2, 0.25) is 0 Å². The van der Waals surface area contributed by atoms with E-state index in [0.29, 0.717) is 17.4 Å². The Bertz CT molecular complexity index is 216. The van der Waals surface area contributed by atoms with Gasteiger partial charge in [-0.05, 0) is 25.2 Å². The zero-order valence-electron chi connectivity index (χ0n) is 9.67. The minimum atomic E-state index is 0.0256. The van der Waals surface area contributed by atoms with Crippen molar-refractivity contribution in [1.29, 1.82) is 0 Å². The summed E-state index contributed by atoms with van der Waals surface area (Å²) in [4.78, 5) is 0. The maximum atomic E-state index is 6.25. The predicted octanol–water partition coefficient (Wildman–Crippen LogP) is 2.98. The number of halogens is 1. The number of hydrogen-bond acceptors (Lipinski definition) is 2. The number of rotatable bonds is 1. The second-order valence-electron chi connectivity index (χ2n) is 5.23. The molecule has 88 valence electrons. The van der Waals surface area contributed by atoms with Crippen LogP contribution < -0.4 is 0 Å². The summed E-state index contributed by atoms with van der Waals surface area (Å²) in [5, 5.41) is 0.296. The van der Waals surface area contributed by atoms with Gasteiger partial charge in [0.15, 0.2) is 0 Å². The molecule has 3 unspecified atom stereocenters. The van der Waals surface area contributed by atoms with Crippen LogP contribution in [0.4, 0.5) is 0 Å². The minimum absolute atomic E-state index is 0.0256. The summed E-state index contributed by atoms with van der Waals surface area (Å²) in [6.45, 7) is 6.07. The van der Waals surface area contributed by atoms with E-state index in [9.17, 15) is 0 Å². The fraction of sp³-hybridized carbons (Fsp3) is 1.00. The smallest absolute Gasteiger partial charge is 0.0743 e. The Balaban J connectivity index is 2.01. The quantitative estimate of drug-likeness (QED) is 0.648. The summed E-state index contributed by atoms with van der Waals surface area (Å²) in [5.41, 5.74) is 0.0256. The van der Waals surface area contributed by atoms with Crippen LogP contribution in [0.3, 0.4) is 0 Å². The van der Waals surface area contributed by atoms with Crippen molar-refractivity contribution >= 4 is 11.6 Å². The van der Waals surface area contributed by atoms with Gasteiger partial charge in [0.1, 0.15) is 0 Å². The minimum Gasteiger partial charge on any atom is -0.378 e. The van der Waals surface area contributed by atoms with E-state index in [-0.39, 0.29) is 5.60 Å². The van der Waals surface area contributed by atoms with Gasteiger partial charge in [0.2, 0.25) is 0 Å². The van der Waals surface area contributed by atoms with Crippen molar-refractivity contribution in [3.05, 3.63) is 0 Å². The first-order chi connectivity index (χ1) is 7.11.